The van der Waals surface area contributed by atoms with E-state index in [1.807, 2.05) is 26.2 Å². The van der Waals surface area contributed by atoms with Crippen molar-refractivity contribution in [2.24, 2.45) is 0 Å². The molecule has 0 radical (unpaired) electrons. The van der Waals surface area contributed by atoms with E-state index in [0.717, 1.165) is 45.0 Å². The lowest BCUT2D eigenvalue weighted by Gasteiger charge is -2.45. The molecular weight excluding hydrogens is 298 g/mol. The quantitative estimate of drug-likeness (QED) is 0.797. The van der Waals surface area contributed by atoms with Crippen LogP contribution >= 0.6 is 0 Å². The van der Waals surface area contributed by atoms with Gasteiger partial charge in [-0.3, -0.25) is 0 Å². The Morgan fingerprint density at radius 2 is 1.54 bits per heavy atom. The molecule has 5 heteroatoms. The zero-order valence-electron chi connectivity index (χ0n) is 16.8. The van der Waals surface area contributed by atoms with Crippen LogP contribution in [0.15, 0.2) is 12.4 Å². The Morgan fingerprint density at radius 3 is 1.96 bits per heavy atom. The second-order valence-corrected chi connectivity index (χ2v) is 6.47. The molecule has 0 N–H and O–H groups in total. The van der Waals surface area contributed by atoms with Gasteiger partial charge in [-0.2, -0.15) is 0 Å². The highest BCUT2D eigenvalue weighted by Crippen LogP contribution is 2.24. The second kappa shape index (κ2) is 10.6. The van der Waals surface area contributed by atoms with E-state index in [1.54, 1.807) is 0 Å². The van der Waals surface area contributed by atoms with E-state index in [-0.39, 0.29) is 0 Å². The van der Waals surface area contributed by atoms with Gasteiger partial charge in [0.05, 0.1) is 0 Å². The number of anilines is 1. The van der Waals surface area contributed by atoms with Gasteiger partial charge in [0.15, 0.2) is 0 Å². The van der Waals surface area contributed by atoms with Crippen molar-refractivity contribution < 1.29 is 0 Å². The van der Waals surface area contributed by atoms with Crippen molar-refractivity contribution in [3.8, 4) is 0 Å². The highest BCUT2D eigenvalue weighted by molar-refractivity contribution is 5.35. The number of aromatic nitrogens is 2. The van der Waals surface area contributed by atoms with Crippen molar-refractivity contribution in [1.29, 1.82) is 0 Å². The van der Waals surface area contributed by atoms with E-state index in [0.29, 0.717) is 12.1 Å². The molecular formula is C19H37N5. The lowest BCUT2D eigenvalue weighted by Crippen LogP contribution is -2.58. The zero-order chi connectivity index (χ0) is 18.1. The predicted octanol–water partition coefficient (Wildman–Crippen LogP) is 3.26. The third-order valence-corrected chi connectivity index (χ3v) is 4.69. The SMILES string of the molecule is CC.CCC1CN(C)CC(CC)N1c1ncc(CN(C)CC)cn1. The Balaban J connectivity index is 0.00000139. The molecule has 0 spiro atoms. The third kappa shape index (κ3) is 5.42. The average Bonchev–Trinajstić information content (AvgIpc) is 2.63. The van der Waals surface area contributed by atoms with E-state index in [9.17, 15) is 0 Å². The summed E-state index contributed by atoms with van der Waals surface area (Å²) in [5.41, 5.74) is 1.18. The van der Waals surface area contributed by atoms with Gasteiger partial charge in [0, 0.05) is 49.7 Å². The molecule has 1 aromatic heterocycles. The van der Waals surface area contributed by atoms with Gasteiger partial charge in [0.2, 0.25) is 5.95 Å². The molecule has 24 heavy (non-hydrogen) atoms. The van der Waals surface area contributed by atoms with Crippen LogP contribution in [-0.4, -0.2) is 65.6 Å². The summed E-state index contributed by atoms with van der Waals surface area (Å²) in [6.45, 7) is 14.8. The van der Waals surface area contributed by atoms with Gasteiger partial charge in [-0.15, -0.1) is 0 Å². The van der Waals surface area contributed by atoms with Crippen LogP contribution in [0.5, 0.6) is 0 Å². The van der Waals surface area contributed by atoms with Crippen LogP contribution in [-0.2, 0) is 6.54 Å². The van der Waals surface area contributed by atoms with Crippen molar-refractivity contribution in [3.05, 3.63) is 18.0 Å². The van der Waals surface area contributed by atoms with E-state index in [1.165, 1.54) is 5.56 Å². The Labute approximate surface area is 149 Å². The van der Waals surface area contributed by atoms with Crippen molar-refractivity contribution in [3.63, 3.8) is 0 Å². The molecule has 1 aliphatic rings. The van der Waals surface area contributed by atoms with Gasteiger partial charge in [-0.05, 0) is 33.5 Å². The van der Waals surface area contributed by atoms with Crippen LogP contribution in [0, 0.1) is 0 Å². The molecule has 5 nitrogen and oxygen atoms in total. The molecule has 1 aliphatic heterocycles. The summed E-state index contributed by atoms with van der Waals surface area (Å²) in [4.78, 5) is 16.5. The molecule has 2 rings (SSSR count). The van der Waals surface area contributed by atoms with E-state index in [2.05, 4.69) is 59.5 Å². The first kappa shape index (κ1) is 20.8. The molecule has 2 atom stereocenters. The number of likely N-dealkylation sites (N-methyl/N-ethyl adjacent to an activating group) is 1. The van der Waals surface area contributed by atoms with Crippen molar-refractivity contribution in [1.82, 2.24) is 19.8 Å². The highest BCUT2D eigenvalue weighted by Gasteiger charge is 2.32. The zero-order valence-corrected chi connectivity index (χ0v) is 16.8. The summed E-state index contributed by atoms with van der Waals surface area (Å²) in [6.07, 6.45) is 6.24. The lowest BCUT2D eigenvalue weighted by atomic mass is 10.0. The number of piperazine rings is 1. The van der Waals surface area contributed by atoms with Crippen molar-refractivity contribution >= 4 is 5.95 Å². The number of rotatable bonds is 6. The van der Waals surface area contributed by atoms with Gasteiger partial charge >= 0.3 is 0 Å². The molecule has 1 fully saturated rings. The topological polar surface area (TPSA) is 35.5 Å². The first-order chi connectivity index (χ1) is 11.6. The number of hydrogen-bond acceptors (Lipinski definition) is 5. The van der Waals surface area contributed by atoms with E-state index >= 15 is 0 Å². The molecule has 0 amide bonds. The van der Waals surface area contributed by atoms with Crippen molar-refractivity contribution in [2.75, 3.05) is 38.6 Å². The normalized spacial score (nSPS) is 21.6. The number of hydrogen-bond donors (Lipinski definition) is 0. The molecule has 1 aromatic rings. The van der Waals surface area contributed by atoms with Gasteiger partial charge in [0.25, 0.3) is 0 Å². The van der Waals surface area contributed by atoms with Crippen LogP contribution in [0.3, 0.4) is 0 Å². The summed E-state index contributed by atoms with van der Waals surface area (Å²) in [6, 6.07) is 1.01. The van der Waals surface area contributed by atoms with E-state index in [4.69, 9.17) is 0 Å². The predicted molar refractivity (Wildman–Crippen MR) is 104 cm³/mol. The minimum atomic E-state index is 0.507. The molecule has 2 unspecified atom stereocenters. The smallest absolute Gasteiger partial charge is 0.225 e. The van der Waals surface area contributed by atoms with Crippen LogP contribution in [0.1, 0.15) is 53.0 Å². The molecule has 1 saturated heterocycles. The monoisotopic (exact) mass is 335 g/mol. The van der Waals surface area contributed by atoms with Gasteiger partial charge in [-0.25, -0.2) is 9.97 Å². The standard InChI is InChI=1S/C17H31N5.C2H6/c1-6-15-12-21(5)13-16(7-2)22(15)17-18-9-14(10-19-17)11-20(4)8-3;1-2/h9-10,15-16H,6-8,11-13H2,1-5H3;1-2H3. The molecule has 0 aliphatic carbocycles. The Bertz CT molecular complexity index is 434. The second-order valence-electron chi connectivity index (χ2n) is 6.47. The van der Waals surface area contributed by atoms with Crippen molar-refractivity contribution in [2.45, 2.75) is 66.1 Å². The highest BCUT2D eigenvalue weighted by atomic mass is 15.4. The maximum atomic E-state index is 4.68. The van der Waals surface area contributed by atoms with Gasteiger partial charge < -0.3 is 14.7 Å². The molecule has 0 bridgehead atoms. The first-order valence-corrected chi connectivity index (χ1v) is 9.55. The summed E-state index contributed by atoms with van der Waals surface area (Å²) in [7, 11) is 4.34. The van der Waals surface area contributed by atoms with Crippen LogP contribution in [0.4, 0.5) is 5.95 Å². The molecule has 2 heterocycles. The summed E-state index contributed by atoms with van der Waals surface area (Å²) in [5, 5.41) is 0. The molecule has 0 saturated carbocycles. The van der Waals surface area contributed by atoms with Crippen LogP contribution in [0.2, 0.25) is 0 Å². The fourth-order valence-electron chi connectivity index (χ4n) is 3.23. The minimum absolute atomic E-state index is 0.507. The lowest BCUT2D eigenvalue weighted by molar-refractivity contribution is 0.217. The van der Waals surface area contributed by atoms with Gasteiger partial charge in [-0.1, -0.05) is 34.6 Å². The average molecular weight is 336 g/mol. The first-order valence-electron chi connectivity index (χ1n) is 9.55. The third-order valence-electron chi connectivity index (χ3n) is 4.69. The summed E-state index contributed by atoms with van der Waals surface area (Å²) in [5.74, 6) is 0.898. The van der Waals surface area contributed by atoms with Gasteiger partial charge in [0.1, 0.15) is 0 Å². The number of nitrogens with zero attached hydrogens (tertiary/aromatic N) is 5. The fourth-order valence-corrected chi connectivity index (χ4v) is 3.23. The Hall–Kier alpha value is -1.20. The summed E-state index contributed by atoms with van der Waals surface area (Å²) >= 11 is 0. The van der Waals surface area contributed by atoms with E-state index < -0.39 is 0 Å². The maximum Gasteiger partial charge on any atom is 0.225 e. The molecule has 0 aromatic carbocycles. The summed E-state index contributed by atoms with van der Waals surface area (Å²) < 4.78 is 0. The fraction of sp³-hybridized carbons (Fsp3) is 0.789. The molecule has 138 valence electrons. The van der Waals surface area contributed by atoms with Crippen LogP contribution < -0.4 is 4.90 Å². The Kier molecular flexibility index (Phi) is 9.22. The largest absolute Gasteiger partial charge is 0.332 e. The Morgan fingerprint density at radius 1 is 1.04 bits per heavy atom. The van der Waals surface area contributed by atoms with Crippen LogP contribution in [0.25, 0.3) is 0 Å². The maximum absolute atomic E-state index is 4.68. The minimum Gasteiger partial charge on any atom is -0.332 e.